The van der Waals surface area contributed by atoms with Gasteiger partial charge in [0.2, 0.25) is 0 Å². The standard InChI is InChI=1S/C18H29BrN4O2/c1-5-20-17(23-13-18(2,3)25-4)22-11-7-10-21-16(24)14-8-6-9-15(19)12-14/h6,8-9,12H,5,7,10-11,13H2,1-4H3,(H,21,24)(H2,20,22,23). The number of amides is 1. The van der Waals surface area contributed by atoms with Crippen LogP contribution in [-0.4, -0.2) is 50.8 Å². The Labute approximate surface area is 158 Å². The molecule has 0 unspecified atom stereocenters. The Balaban J connectivity index is 2.34. The van der Waals surface area contributed by atoms with Crippen molar-refractivity contribution in [3.63, 3.8) is 0 Å². The summed E-state index contributed by atoms with van der Waals surface area (Å²) in [6.07, 6.45) is 0.803. The van der Waals surface area contributed by atoms with E-state index in [1.165, 1.54) is 0 Å². The second kappa shape index (κ2) is 11.1. The third-order valence-corrected chi connectivity index (χ3v) is 4.03. The number of rotatable bonds is 9. The number of methoxy groups -OCH3 is 1. The summed E-state index contributed by atoms with van der Waals surface area (Å²) in [6.45, 7) is 8.70. The second-order valence-electron chi connectivity index (χ2n) is 6.21. The van der Waals surface area contributed by atoms with Gasteiger partial charge in [-0.05, 0) is 45.4 Å². The van der Waals surface area contributed by atoms with Crippen LogP contribution in [0.1, 0.15) is 37.6 Å². The molecular formula is C18H29BrN4O2. The zero-order valence-electron chi connectivity index (χ0n) is 15.5. The first kappa shape index (κ1) is 21.4. The van der Waals surface area contributed by atoms with E-state index >= 15 is 0 Å². The van der Waals surface area contributed by atoms with Crippen molar-refractivity contribution in [2.45, 2.75) is 32.8 Å². The molecule has 0 radical (unpaired) electrons. The topological polar surface area (TPSA) is 74.8 Å². The summed E-state index contributed by atoms with van der Waals surface area (Å²) in [5.41, 5.74) is 0.360. The highest BCUT2D eigenvalue weighted by molar-refractivity contribution is 9.10. The van der Waals surface area contributed by atoms with Crippen molar-refractivity contribution in [2.24, 2.45) is 4.99 Å². The molecule has 6 nitrogen and oxygen atoms in total. The van der Waals surface area contributed by atoms with E-state index in [0.717, 1.165) is 29.9 Å². The molecule has 25 heavy (non-hydrogen) atoms. The normalized spacial score (nSPS) is 12.0. The minimum atomic E-state index is -0.291. The van der Waals surface area contributed by atoms with Crippen LogP contribution in [-0.2, 0) is 4.74 Å². The molecular weight excluding hydrogens is 384 g/mol. The number of nitrogens with one attached hydrogen (secondary N) is 3. The highest BCUT2D eigenvalue weighted by atomic mass is 79.9. The second-order valence-corrected chi connectivity index (χ2v) is 7.12. The van der Waals surface area contributed by atoms with Gasteiger partial charge in [0.15, 0.2) is 5.96 Å². The quantitative estimate of drug-likeness (QED) is 0.331. The van der Waals surface area contributed by atoms with E-state index in [1.54, 1.807) is 19.2 Å². The summed E-state index contributed by atoms with van der Waals surface area (Å²) >= 11 is 3.37. The molecule has 0 aliphatic carbocycles. The summed E-state index contributed by atoms with van der Waals surface area (Å²) in [4.78, 5) is 16.6. The lowest BCUT2D eigenvalue weighted by molar-refractivity contribution is 0.0310. The van der Waals surface area contributed by atoms with Gasteiger partial charge in [0.05, 0.1) is 12.1 Å². The maximum Gasteiger partial charge on any atom is 0.251 e. The minimum absolute atomic E-state index is 0.0660. The molecule has 140 valence electrons. The summed E-state index contributed by atoms with van der Waals surface area (Å²) < 4.78 is 6.27. The van der Waals surface area contributed by atoms with Crippen LogP contribution in [0, 0.1) is 0 Å². The van der Waals surface area contributed by atoms with Gasteiger partial charge in [-0.1, -0.05) is 22.0 Å². The molecule has 1 aromatic carbocycles. The molecule has 3 N–H and O–H groups in total. The van der Waals surface area contributed by atoms with Crippen molar-refractivity contribution in [1.82, 2.24) is 16.0 Å². The van der Waals surface area contributed by atoms with E-state index in [0.29, 0.717) is 18.7 Å². The van der Waals surface area contributed by atoms with Crippen LogP contribution in [0.4, 0.5) is 0 Å². The molecule has 0 saturated heterocycles. The van der Waals surface area contributed by atoms with Gasteiger partial charge < -0.3 is 20.7 Å². The molecule has 0 fully saturated rings. The molecule has 0 spiro atoms. The Bertz CT molecular complexity index is 576. The number of guanidine groups is 1. The summed E-state index contributed by atoms with van der Waals surface area (Å²) in [5.74, 6) is 0.689. The van der Waals surface area contributed by atoms with Crippen molar-refractivity contribution in [3.8, 4) is 0 Å². The van der Waals surface area contributed by atoms with Gasteiger partial charge in [-0.15, -0.1) is 0 Å². The van der Waals surface area contributed by atoms with Crippen LogP contribution in [0.2, 0.25) is 0 Å². The first-order valence-corrected chi connectivity index (χ1v) is 9.28. The van der Waals surface area contributed by atoms with Gasteiger partial charge >= 0.3 is 0 Å². The third-order valence-electron chi connectivity index (χ3n) is 3.53. The van der Waals surface area contributed by atoms with Crippen LogP contribution < -0.4 is 16.0 Å². The zero-order chi connectivity index (χ0) is 18.7. The SMILES string of the molecule is CCNC(=NCC(C)(C)OC)NCCCNC(=O)c1cccc(Br)c1. The molecule has 0 bridgehead atoms. The lowest BCUT2D eigenvalue weighted by atomic mass is 10.1. The smallest absolute Gasteiger partial charge is 0.251 e. The van der Waals surface area contributed by atoms with Crippen molar-refractivity contribution in [2.75, 3.05) is 33.3 Å². The van der Waals surface area contributed by atoms with Crippen LogP contribution >= 0.6 is 15.9 Å². The van der Waals surface area contributed by atoms with Crippen molar-refractivity contribution >= 4 is 27.8 Å². The fourth-order valence-corrected chi connectivity index (χ4v) is 2.30. The molecule has 0 aliphatic heterocycles. The van der Waals surface area contributed by atoms with Gasteiger partial charge in [0.25, 0.3) is 5.91 Å². The zero-order valence-corrected chi connectivity index (χ0v) is 17.1. The number of aliphatic imine (C=N–C) groups is 1. The number of hydrogen-bond donors (Lipinski definition) is 3. The van der Waals surface area contributed by atoms with E-state index in [1.807, 2.05) is 32.9 Å². The Hall–Kier alpha value is -1.60. The predicted octanol–water partition coefficient (Wildman–Crippen LogP) is 2.55. The lowest BCUT2D eigenvalue weighted by Gasteiger charge is -2.21. The Morgan fingerprint density at radius 2 is 1.96 bits per heavy atom. The average Bonchev–Trinajstić information content (AvgIpc) is 2.59. The average molecular weight is 413 g/mol. The largest absolute Gasteiger partial charge is 0.377 e. The minimum Gasteiger partial charge on any atom is -0.377 e. The van der Waals surface area contributed by atoms with E-state index in [-0.39, 0.29) is 11.5 Å². The Kier molecular flexibility index (Phi) is 9.52. The number of ether oxygens (including phenoxy) is 1. The maximum absolute atomic E-state index is 12.0. The number of carbonyl (C=O) groups excluding carboxylic acids is 1. The van der Waals surface area contributed by atoms with Crippen molar-refractivity contribution in [3.05, 3.63) is 34.3 Å². The monoisotopic (exact) mass is 412 g/mol. The van der Waals surface area contributed by atoms with Gasteiger partial charge in [-0.2, -0.15) is 0 Å². The molecule has 1 amide bonds. The van der Waals surface area contributed by atoms with Crippen LogP contribution in [0.5, 0.6) is 0 Å². The number of benzene rings is 1. The summed E-state index contributed by atoms with van der Waals surface area (Å²) in [5, 5.41) is 9.38. The van der Waals surface area contributed by atoms with Gasteiger partial charge in [0, 0.05) is 36.8 Å². The van der Waals surface area contributed by atoms with Gasteiger partial charge in [-0.25, -0.2) is 0 Å². The number of hydrogen-bond acceptors (Lipinski definition) is 3. The van der Waals surface area contributed by atoms with Crippen LogP contribution in [0.15, 0.2) is 33.7 Å². The Morgan fingerprint density at radius 1 is 1.24 bits per heavy atom. The predicted molar refractivity (Wildman–Crippen MR) is 106 cm³/mol. The van der Waals surface area contributed by atoms with E-state index in [4.69, 9.17) is 4.74 Å². The molecule has 1 rings (SSSR count). The van der Waals surface area contributed by atoms with E-state index in [2.05, 4.69) is 36.9 Å². The Morgan fingerprint density at radius 3 is 2.60 bits per heavy atom. The molecule has 0 saturated carbocycles. The molecule has 1 aromatic rings. The molecule has 0 aromatic heterocycles. The van der Waals surface area contributed by atoms with Crippen LogP contribution in [0.25, 0.3) is 0 Å². The number of halogens is 1. The molecule has 0 heterocycles. The highest BCUT2D eigenvalue weighted by Gasteiger charge is 2.15. The first-order chi connectivity index (χ1) is 11.9. The fourth-order valence-electron chi connectivity index (χ4n) is 1.90. The highest BCUT2D eigenvalue weighted by Crippen LogP contribution is 2.11. The number of carbonyl (C=O) groups is 1. The van der Waals surface area contributed by atoms with Gasteiger partial charge in [0.1, 0.15) is 0 Å². The molecule has 0 atom stereocenters. The molecule has 0 aliphatic rings. The maximum atomic E-state index is 12.0. The van der Waals surface area contributed by atoms with Crippen molar-refractivity contribution in [1.29, 1.82) is 0 Å². The van der Waals surface area contributed by atoms with E-state index in [9.17, 15) is 4.79 Å². The van der Waals surface area contributed by atoms with E-state index < -0.39 is 0 Å². The fraction of sp³-hybridized carbons (Fsp3) is 0.556. The lowest BCUT2D eigenvalue weighted by Crippen LogP contribution is -2.40. The third kappa shape index (κ3) is 8.88. The van der Waals surface area contributed by atoms with Crippen LogP contribution in [0.3, 0.4) is 0 Å². The summed E-state index contributed by atoms with van der Waals surface area (Å²) in [6, 6.07) is 7.35. The summed E-state index contributed by atoms with van der Waals surface area (Å²) in [7, 11) is 1.68. The number of nitrogens with zero attached hydrogens (tertiary/aromatic N) is 1. The van der Waals surface area contributed by atoms with Gasteiger partial charge in [-0.3, -0.25) is 9.79 Å². The first-order valence-electron chi connectivity index (χ1n) is 8.49. The van der Waals surface area contributed by atoms with Crippen molar-refractivity contribution < 1.29 is 9.53 Å². The molecule has 7 heteroatoms.